The molecule has 1 aromatic heterocycles. The van der Waals surface area contributed by atoms with Crippen molar-refractivity contribution in [2.75, 3.05) is 44.0 Å². The van der Waals surface area contributed by atoms with Crippen LogP contribution in [0, 0.1) is 17.2 Å². The Labute approximate surface area is 282 Å². The summed E-state index contributed by atoms with van der Waals surface area (Å²) in [6.45, 7) is 9.86. The van der Waals surface area contributed by atoms with Crippen molar-refractivity contribution in [2.24, 2.45) is 11.3 Å². The molecule has 2 fully saturated rings. The van der Waals surface area contributed by atoms with Crippen LogP contribution in [0.3, 0.4) is 0 Å². The highest BCUT2D eigenvalue weighted by molar-refractivity contribution is 5.96. The van der Waals surface area contributed by atoms with E-state index in [0.29, 0.717) is 58.8 Å². The zero-order chi connectivity index (χ0) is 34.6. The number of likely N-dealkylation sites (N-methyl/N-ethyl adjacent to an activating group) is 1. The number of nitrogens with one attached hydrogen (secondary N) is 2. The molecular weight excluding hydrogens is 611 g/mol. The summed E-state index contributed by atoms with van der Waals surface area (Å²) in [6.07, 6.45) is 6.15. The van der Waals surface area contributed by atoms with Gasteiger partial charge in [-0.2, -0.15) is 0 Å². The molecule has 0 radical (unpaired) electrons. The molecule has 258 valence electrons. The zero-order valence-electron chi connectivity index (χ0n) is 29.1. The molecule has 2 saturated heterocycles. The van der Waals surface area contributed by atoms with E-state index in [1.165, 1.54) is 18.8 Å². The number of aromatic nitrogens is 2. The third-order valence-corrected chi connectivity index (χ3v) is 9.88. The summed E-state index contributed by atoms with van der Waals surface area (Å²) in [5.74, 6) is -0.129. The molecule has 5 rings (SSSR count). The van der Waals surface area contributed by atoms with Gasteiger partial charge in [-0.25, -0.2) is 14.4 Å². The van der Waals surface area contributed by atoms with Crippen molar-refractivity contribution in [3.8, 4) is 5.75 Å². The van der Waals surface area contributed by atoms with E-state index >= 15 is 4.39 Å². The third-order valence-electron chi connectivity index (χ3n) is 9.88. The van der Waals surface area contributed by atoms with Crippen LogP contribution in [0.25, 0.3) is 10.9 Å². The minimum Gasteiger partial charge on any atom is -0.496 e. The molecule has 0 aliphatic carbocycles. The first kappa shape index (κ1) is 35.2. The van der Waals surface area contributed by atoms with Crippen LogP contribution in [-0.4, -0.2) is 78.2 Å². The SMILES string of the molecule is CN[C@@H](C)C(=O)C[C@H](C(=O)N1CCC[C@H]1C(=O)Cc1cc2c(Nc3ccc(N4CCCCC4)c(F)c3)ncnc2cc1OC)C(C)(C)C. The highest BCUT2D eigenvalue weighted by atomic mass is 19.1. The number of anilines is 3. The van der Waals surface area contributed by atoms with Crippen LogP contribution in [0.15, 0.2) is 36.7 Å². The summed E-state index contributed by atoms with van der Waals surface area (Å²) in [5, 5.41) is 6.87. The summed E-state index contributed by atoms with van der Waals surface area (Å²) in [7, 11) is 3.27. The summed E-state index contributed by atoms with van der Waals surface area (Å²) in [4.78, 5) is 53.4. The minimum absolute atomic E-state index is 0.0268. The Balaban J connectivity index is 1.37. The molecular formula is C37H49FN6O4. The van der Waals surface area contributed by atoms with E-state index < -0.39 is 17.4 Å². The lowest BCUT2D eigenvalue weighted by atomic mass is 9.76. The third kappa shape index (κ3) is 7.77. The van der Waals surface area contributed by atoms with Gasteiger partial charge in [-0.05, 0) is 75.8 Å². The first-order valence-electron chi connectivity index (χ1n) is 17.1. The van der Waals surface area contributed by atoms with Gasteiger partial charge in [-0.15, -0.1) is 0 Å². The quantitative estimate of drug-likeness (QED) is 0.247. The van der Waals surface area contributed by atoms with Crippen LogP contribution in [0.5, 0.6) is 5.75 Å². The molecule has 2 aromatic carbocycles. The average Bonchev–Trinajstić information content (AvgIpc) is 3.57. The van der Waals surface area contributed by atoms with E-state index in [1.54, 1.807) is 38.1 Å². The van der Waals surface area contributed by atoms with Crippen LogP contribution >= 0.6 is 0 Å². The van der Waals surface area contributed by atoms with Gasteiger partial charge in [0.15, 0.2) is 5.78 Å². The topological polar surface area (TPSA) is 117 Å². The number of amides is 1. The summed E-state index contributed by atoms with van der Waals surface area (Å²) >= 11 is 0. The van der Waals surface area contributed by atoms with E-state index in [-0.39, 0.29) is 42.2 Å². The highest BCUT2D eigenvalue weighted by Crippen LogP contribution is 2.36. The second kappa shape index (κ2) is 15.0. The smallest absolute Gasteiger partial charge is 0.227 e. The fraction of sp³-hybridized carbons (Fsp3) is 0.541. The molecule has 1 amide bonds. The molecule has 2 N–H and O–H groups in total. The number of piperidine rings is 1. The van der Waals surface area contributed by atoms with Crippen LogP contribution in [-0.2, 0) is 20.8 Å². The van der Waals surface area contributed by atoms with E-state index in [4.69, 9.17) is 4.74 Å². The largest absolute Gasteiger partial charge is 0.496 e. The Morgan fingerprint density at radius 3 is 2.46 bits per heavy atom. The molecule has 3 heterocycles. The molecule has 0 spiro atoms. The lowest BCUT2D eigenvalue weighted by Crippen LogP contribution is -2.48. The van der Waals surface area contributed by atoms with E-state index in [0.717, 1.165) is 25.9 Å². The van der Waals surface area contributed by atoms with Gasteiger partial charge in [-0.1, -0.05) is 20.8 Å². The number of ketones is 2. The van der Waals surface area contributed by atoms with Crippen LogP contribution < -0.4 is 20.3 Å². The van der Waals surface area contributed by atoms with E-state index in [1.807, 2.05) is 32.9 Å². The second-order valence-electron chi connectivity index (χ2n) is 14.2. The van der Waals surface area contributed by atoms with Gasteiger partial charge in [0.1, 0.15) is 29.5 Å². The van der Waals surface area contributed by atoms with Crippen molar-refractivity contribution in [2.45, 2.75) is 84.7 Å². The number of benzene rings is 2. The predicted molar refractivity (Wildman–Crippen MR) is 186 cm³/mol. The van der Waals surface area contributed by atoms with Gasteiger partial charge in [0.05, 0.1) is 30.4 Å². The van der Waals surface area contributed by atoms with Crippen molar-refractivity contribution in [1.82, 2.24) is 20.2 Å². The Morgan fingerprint density at radius 2 is 1.79 bits per heavy atom. The van der Waals surface area contributed by atoms with Crippen molar-refractivity contribution in [3.05, 3.63) is 48.0 Å². The highest BCUT2D eigenvalue weighted by Gasteiger charge is 2.42. The Hall–Kier alpha value is -4.12. The minimum atomic E-state index is -0.592. The van der Waals surface area contributed by atoms with Crippen molar-refractivity contribution >= 4 is 45.6 Å². The first-order chi connectivity index (χ1) is 22.9. The van der Waals surface area contributed by atoms with Crippen molar-refractivity contribution < 1.29 is 23.5 Å². The number of halogens is 1. The molecule has 11 heteroatoms. The number of Topliss-reactive ketones (excluding diaryl/α,β-unsaturated/α-hetero) is 2. The molecule has 10 nitrogen and oxygen atoms in total. The fourth-order valence-electron chi connectivity index (χ4n) is 6.84. The molecule has 2 aliphatic rings. The number of hydrogen-bond donors (Lipinski definition) is 2. The molecule has 0 bridgehead atoms. The molecule has 48 heavy (non-hydrogen) atoms. The maximum Gasteiger partial charge on any atom is 0.227 e. The standard InChI is InChI=1S/C37H49FN6O4/c1-23(39-5)32(45)20-27(37(2,3)4)36(47)44-16-10-11-31(44)33(46)18-24-17-26-29(21-34(24)48-6)40-22-41-35(26)42-25-12-13-30(28(38)19-25)43-14-8-7-9-15-43/h12-13,17,19,21-23,27,31,39H,7-11,14-16,18,20H2,1-6H3,(H,40,41,42)/t23-,27+,31-/m0/s1. The summed E-state index contributed by atoms with van der Waals surface area (Å²) in [5.41, 5.74) is 1.95. The molecule has 0 saturated carbocycles. The van der Waals surface area contributed by atoms with E-state index in [9.17, 15) is 14.4 Å². The number of methoxy groups -OCH3 is 1. The lowest BCUT2D eigenvalue weighted by molar-refractivity contribution is -0.145. The number of ether oxygens (including phenoxy) is 1. The Bertz CT molecular complexity index is 1650. The van der Waals surface area contributed by atoms with Gasteiger partial charge in [-0.3, -0.25) is 14.4 Å². The Kier molecular flexibility index (Phi) is 11.0. The number of carbonyl (C=O) groups is 3. The van der Waals surface area contributed by atoms with Crippen molar-refractivity contribution in [1.29, 1.82) is 0 Å². The Morgan fingerprint density at radius 1 is 1.04 bits per heavy atom. The number of likely N-dealkylation sites (tertiary alicyclic amines) is 1. The van der Waals surface area contributed by atoms with Crippen LogP contribution in [0.2, 0.25) is 0 Å². The number of carbonyl (C=O) groups excluding carboxylic acids is 3. The monoisotopic (exact) mass is 660 g/mol. The first-order valence-corrected chi connectivity index (χ1v) is 17.1. The van der Waals surface area contributed by atoms with E-state index in [2.05, 4.69) is 25.5 Å². The maximum atomic E-state index is 15.2. The normalized spacial score (nSPS) is 18.1. The number of hydrogen-bond acceptors (Lipinski definition) is 9. The summed E-state index contributed by atoms with van der Waals surface area (Å²) in [6, 6.07) is 7.78. The van der Waals surface area contributed by atoms with Crippen molar-refractivity contribution in [3.63, 3.8) is 0 Å². The molecule has 3 atom stereocenters. The summed E-state index contributed by atoms with van der Waals surface area (Å²) < 4.78 is 20.9. The molecule has 0 unspecified atom stereocenters. The van der Waals surface area contributed by atoms with Crippen LogP contribution in [0.1, 0.15) is 71.8 Å². The number of nitrogens with zero attached hydrogens (tertiary/aromatic N) is 4. The molecule has 3 aromatic rings. The predicted octanol–water partition coefficient (Wildman–Crippen LogP) is 5.84. The van der Waals surface area contributed by atoms with Gasteiger partial charge in [0.2, 0.25) is 5.91 Å². The molecule has 2 aliphatic heterocycles. The van der Waals surface area contributed by atoms with Gasteiger partial charge in [0.25, 0.3) is 0 Å². The average molecular weight is 661 g/mol. The number of fused-ring (bicyclic) bond motifs is 1. The number of rotatable bonds is 12. The van der Waals surface area contributed by atoms with Gasteiger partial charge >= 0.3 is 0 Å². The zero-order valence-corrected chi connectivity index (χ0v) is 29.1. The van der Waals surface area contributed by atoms with Gasteiger partial charge in [0, 0.05) is 61.1 Å². The maximum absolute atomic E-state index is 15.2. The fourth-order valence-corrected chi connectivity index (χ4v) is 6.84. The van der Waals surface area contributed by atoms with Gasteiger partial charge < -0.3 is 25.2 Å². The lowest BCUT2D eigenvalue weighted by Gasteiger charge is -2.35. The second-order valence-corrected chi connectivity index (χ2v) is 14.2. The van der Waals surface area contributed by atoms with Crippen LogP contribution in [0.4, 0.5) is 21.6 Å².